The Labute approximate surface area is 129 Å². The van der Waals surface area contributed by atoms with E-state index in [0.717, 1.165) is 35.5 Å². The molecule has 1 aliphatic rings. The van der Waals surface area contributed by atoms with Gasteiger partial charge in [0.05, 0.1) is 0 Å². The lowest BCUT2D eigenvalue weighted by molar-refractivity contribution is 0.557. The van der Waals surface area contributed by atoms with E-state index in [4.69, 9.17) is 5.73 Å². The summed E-state index contributed by atoms with van der Waals surface area (Å²) >= 11 is 3.13. The van der Waals surface area contributed by atoms with Crippen LogP contribution >= 0.6 is 23.1 Å². The van der Waals surface area contributed by atoms with Crippen LogP contribution in [0.1, 0.15) is 36.6 Å². The van der Waals surface area contributed by atoms with Gasteiger partial charge in [-0.1, -0.05) is 13.3 Å². The zero-order valence-electron chi connectivity index (χ0n) is 11.9. The largest absolute Gasteiger partial charge is 0.326 e. The van der Waals surface area contributed by atoms with Crippen molar-refractivity contribution in [1.29, 1.82) is 0 Å². The second-order valence-electron chi connectivity index (χ2n) is 5.03. The van der Waals surface area contributed by atoms with Crippen LogP contribution in [-0.2, 0) is 16.6 Å². The van der Waals surface area contributed by atoms with Crippen molar-refractivity contribution in [2.75, 3.05) is 5.75 Å². The van der Waals surface area contributed by atoms with Gasteiger partial charge >= 0.3 is 0 Å². The number of nitrogens with one attached hydrogen (secondary N) is 1. The number of sulfonamides is 1. The molecule has 20 heavy (non-hydrogen) atoms. The SMILES string of the molecule is CCSC1CCCC1NS(=O)(=O)c1cc(C)c(CN)s1. The average molecular weight is 335 g/mol. The van der Waals surface area contributed by atoms with Gasteiger partial charge in [0.25, 0.3) is 0 Å². The maximum absolute atomic E-state index is 12.5. The highest BCUT2D eigenvalue weighted by molar-refractivity contribution is 8.00. The van der Waals surface area contributed by atoms with Gasteiger partial charge in [-0.15, -0.1) is 11.3 Å². The third kappa shape index (κ3) is 3.57. The summed E-state index contributed by atoms with van der Waals surface area (Å²) in [5, 5.41) is 0.407. The lowest BCUT2D eigenvalue weighted by atomic mass is 10.3. The summed E-state index contributed by atoms with van der Waals surface area (Å²) < 4.78 is 28.2. The molecule has 3 N–H and O–H groups in total. The minimum atomic E-state index is -3.41. The molecule has 0 radical (unpaired) electrons. The molecule has 0 amide bonds. The van der Waals surface area contributed by atoms with Gasteiger partial charge in [-0.05, 0) is 37.1 Å². The van der Waals surface area contributed by atoms with Crippen LogP contribution in [0.3, 0.4) is 0 Å². The number of thioether (sulfide) groups is 1. The highest BCUT2D eigenvalue weighted by atomic mass is 32.2. The number of nitrogens with two attached hydrogens (primary N) is 1. The second-order valence-corrected chi connectivity index (χ2v) is 9.62. The molecule has 1 fully saturated rings. The van der Waals surface area contributed by atoms with Crippen molar-refractivity contribution in [2.24, 2.45) is 5.73 Å². The molecule has 1 heterocycles. The molecule has 1 aromatic rings. The van der Waals surface area contributed by atoms with Crippen LogP contribution in [-0.4, -0.2) is 25.5 Å². The number of hydrogen-bond acceptors (Lipinski definition) is 5. The molecule has 2 rings (SSSR count). The number of aryl methyl sites for hydroxylation is 1. The zero-order chi connectivity index (χ0) is 14.8. The van der Waals surface area contributed by atoms with E-state index in [9.17, 15) is 8.42 Å². The molecule has 1 saturated carbocycles. The van der Waals surface area contributed by atoms with Gasteiger partial charge in [0.15, 0.2) is 0 Å². The molecule has 0 saturated heterocycles. The highest BCUT2D eigenvalue weighted by Crippen LogP contribution is 2.32. The summed E-state index contributed by atoms with van der Waals surface area (Å²) in [5.74, 6) is 1.03. The summed E-state index contributed by atoms with van der Waals surface area (Å²) in [6.07, 6.45) is 3.14. The fourth-order valence-electron chi connectivity index (χ4n) is 2.56. The first kappa shape index (κ1) is 16.3. The molecule has 2 atom stereocenters. The smallest absolute Gasteiger partial charge is 0.250 e. The van der Waals surface area contributed by atoms with Crippen molar-refractivity contribution >= 4 is 33.1 Å². The molecule has 4 nitrogen and oxygen atoms in total. The van der Waals surface area contributed by atoms with Crippen LogP contribution in [0, 0.1) is 6.92 Å². The van der Waals surface area contributed by atoms with Gasteiger partial charge in [0.2, 0.25) is 10.0 Å². The molecule has 7 heteroatoms. The van der Waals surface area contributed by atoms with E-state index < -0.39 is 10.0 Å². The minimum Gasteiger partial charge on any atom is -0.326 e. The predicted molar refractivity (Wildman–Crippen MR) is 86.8 cm³/mol. The topological polar surface area (TPSA) is 72.2 Å². The number of rotatable bonds is 6. The fraction of sp³-hybridized carbons (Fsp3) is 0.692. The van der Waals surface area contributed by atoms with Gasteiger partial charge in [0.1, 0.15) is 4.21 Å². The van der Waals surface area contributed by atoms with Gasteiger partial charge < -0.3 is 5.73 Å². The Bertz CT molecular complexity index is 554. The third-order valence-electron chi connectivity index (χ3n) is 3.59. The Kier molecular flexibility index (Phi) is 5.53. The molecular formula is C13H22N2O2S3. The summed E-state index contributed by atoms with van der Waals surface area (Å²) in [6.45, 7) is 4.41. The Morgan fingerprint density at radius 3 is 2.85 bits per heavy atom. The fourth-order valence-corrected chi connectivity index (χ4v) is 6.64. The maximum atomic E-state index is 12.5. The average Bonchev–Trinajstić information content (AvgIpc) is 2.97. The molecule has 0 aliphatic heterocycles. The summed E-state index contributed by atoms with van der Waals surface area (Å²) in [6, 6.07) is 1.79. The van der Waals surface area contributed by atoms with Gasteiger partial charge in [-0.3, -0.25) is 0 Å². The minimum absolute atomic E-state index is 0.0636. The Hall–Kier alpha value is -0.0800. The van der Waals surface area contributed by atoms with E-state index in [-0.39, 0.29) is 6.04 Å². The molecule has 1 aromatic heterocycles. The van der Waals surface area contributed by atoms with Crippen molar-refractivity contribution in [3.8, 4) is 0 Å². The number of thiophene rings is 1. The van der Waals surface area contributed by atoms with E-state index in [0.29, 0.717) is 16.0 Å². The van der Waals surface area contributed by atoms with Gasteiger partial charge in [-0.25, -0.2) is 13.1 Å². The first-order valence-electron chi connectivity index (χ1n) is 6.91. The first-order valence-corrected chi connectivity index (χ1v) is 10.3. The van der Waals surface area contributed by atoms with Crippen LogP contribution < -0.4 is 10.5 Å². The lowest BCUT2D eigenvalue weighted by Crippen LogP contribution is -2.38. The van der Waals surface area contributed by atoms with Crippen LogP contribution in [0.5, 0.6) is 0 Å². The van der Waals surface area contributed by atoms with Crippen LogP contribution in [0.2, 0.25) is 0 Å². The normalized spacial score (nSPS) is 23.4. The summed E-state index contributed by atoms with van der Waals surface area (Å²) in [5.41, 5.74) is 6.59. The van der Waals surface area contributed by atoms with Crippen molar-refractivity contribution in [3.63, 3.8) is 0 Å². The van der Waals surface area contributed by atoms with Crippen LogP contribution in [0.15, 0.2) is 10.3 Å². The standard InChI is InChI=1S/C13H22N2O2S3/c1-3-18-11-6-4-5-10(11)15-20(16,17)13-7-9(2)12(8-14)19-13/h7,10-11,15H,3-6,8,14H2,1-2H3. The Morgan fingerprint density at radius 1 is 1.50 bits per heavy atom. The Morgan fingerprint density at radius 2 is 2.25 bits per heavy atom. The number of hydrogen-bond donors (Lipinski definition) is 2. The quantitative estimate of drug-likeness (QED) is 0.838. The highest BCUT2D eigenvalue weighted by Gasteiger charge is 2.32. The zero-order valence-corrected chi connectivity index (χ0v) is 14.3. The molecule has 0 aromatic carbocycles. The molecule has 114 valence electrons. The molecule has 2 unspecified atom stereocenters. The summed E-state index contributed by atoms with van der Waals surface area (Å²) in [7, 11) is -3.41. The Balaban J connectivity index is 2.14. The molecular weight excluding hydrogens is 312 g/mol. The molecule has 0 bridgehead atoms. The van der Waals surface area contributed by atoms with Crippen molar-refractivity contribution in [1.82, 2.24) is 4.72 Å². The first-order chi connectivity index (χ1) is 9.47. The molecule has 0 spiro atoms. The maximum Gasteiger partial charge on any atom is 0.250 e. The van der Waals surface area contributed by atoms with Gasteiger partial charge in [0, 0.05) is 22.7 Å². The van der Waals surface area contributed by atoms with E-state index in [1.165, 1.54) is 11.3 Å². The summed E-state index contributed by atoms with van der Waals surface area (Å²) in [4.78, 5) is 0.941. The van der Waals surface area contributed by atoms with E-state index >= 15 is 0 Å². The van der Waals surface area contributed by atoms with Crippen molar-refractivity contribution in [2.45, 2.75) is 55.2 Å². The third-order valence-corrected chi connectivity index (χ3v) is 8.14. The van der Waals surface area contributed by atoms with E-state index in [1.54, 1.807) is 6.07 Å². The predicted octanol–water partition coefficient (Wildman–Crippen LogP) is 2.47. The van der Waals surface area contributed by atoms with Crippen molar-refractivity contribution in [3.05, 3.63) is 16.5 Å². The van der Waals surface area contributed by atoms with Crippen molar-refractivity contribution < 1.29 is 8.42 Å². The lowest BCUT2D eigenvalue weighted by Gasteiger charge is -2.19. The monoisotopic (exact) mass is 334 g/mol. The second kappa shape index (κ2) is 6.79. The van der Waals surface area contributed by atoms with Crippen LogP contribution in [0.25, 0.3) is 0 Å². The molecule has 1 aliphatic carbocycles. The van der Waals surface area contributed by atoms with E-state index in [2.05, 4.69) is 11.6 Å². The van der Waals surface area contributed by atoms with Crippen LogP contribution in [0.4, 0.5) is 0 Å². The van der Waals surface area contributed by atoms with Gasteiger partial charge in [-0.2, -0.15) is 11.8 Å². The van der Waals surface area contributed by atoms with E-state index in [1.807, 2.05) is 18.7 Å².